The van der Waals surface area contributed by atoms with E-state index in [9.17, 15) is 8.42 Å². The fraction of sp³-hybridized carbons (Fsp3) is 0.478. The van der Waals surface area contributed by atoms with E-state index in [4.69, 9.17) is 9.47 Å². The van der Waals surface area contributed by atoms with Crippen LogP contribution >= 0.6 is 0 Å². The van der Waals surface area contributed by atoms with Crippen molar-refractivity contribution in [2.24, 2.45) is 0 Å². The van der Waals surface area contributed by atoms with Crippen LogP contribution in [0.1, 0.15) is 56.7 Å². The molecule has 0 fully saturated rings. The molecule has 0 saturated heterocycles. The van der Waals surface area contributed by atoms with Gasteiger partial charge in [-0.3, -0.25) is 0 Å². The van der Waals surface area contributed by atoms with Crippen molar-refractivity contribution in [1.82, 2.24) is 4.72 Å². The molecule has 0 aliphatic carbocycles. The molecule has 0 spiro atoms. The molecule has 0 radical (unpaired) electrons. The smallest absolute Gasteiger partial charge is 0.240 e. The Labute approximate surface area is 175 Å². The van der Waals surface area contributed by atoms with Gasteiger partial charge in [0, 0.05) is 6.54 Å². The minimum absolute atomic E-state index is 0.146. The number of sulfonamides is 1. The van der Waals surface area contributed by atoms with Gasteiger partial charge in [-0.05, 0) is 80.5 Å². The highest BCUT2D eigenvalue weighted by atomic mass is 32.2. The summed E-state index contributed by atoms with van der Waals surface area (Å²) in [6, 6.07) is 11.5. The van der Waals surface area contributed by atoms with Crippen LogP contribution in [0, 0.1) is 6.92 Å². The van der Waals surface area contributed by atoms with Gasteiger partial charge in [0.05, 0.1) is 18.1 Å². The van der Waals surface area contributed by atoms with Gasteiger partial charge in [0.2, 0.25) is 10.0 Å². The summed E-state index contributed by atoms with van der Waals surface area (Å²) in [5, 5.41) is 0. The summed E-state index contributed by atoms with van der Waals surface area (Å²) in [5.74, 6) is 1.74. The Bertz CT molecular complexity index is 903. The lowest BCUT2D eigenvalue weighted by Gasteiger charge is -2.16. The van der Waals surface area contributed by atoms with Crippen molar-refractivity contribution >= 4 is 10.0 Å². The van der Waals surface area contributed by atoms with E-state index in [2.05, 4.69) is 4.72 Å². The Morgan fingerprint density at radius 3 is 2.24 bits per heavy atom. The molecule has 0 bridgehead atoms. The molecule has 0 atom stereocenters. The molecule has 2 aromatic rings. The van der Waals surface area contributed by atoms with Gasteiger partial charge in [-0.2, -0.15) is 0 Å². The maximum Gasteiger partial charge on any atom is 0.240 e. The van der Waals surface area contributed by atoms with E-state index in [0.29, 0.717) is 17.0 Å². The molecule has 0 saturated carbocycles. The SMILES string of the molecule is COc1cc(C)c(S(=O)(=O)NCCCc2ccc(OC(C)C)cc2)cc1C(C)C. The fourth-order valence-corrected chi connectivity index (χ4v) is 4.51. The van der Waals surface area contributed by atoms with Crippen LogP contribution in [0.5, 0.6) is 11.5 Å². The number of ether oxygens (including phenoxy) is 2. The Balaban J connectivity index is 1.99. The molecule has 0 unspecified atom stereocenters. The summed E-state index contributed by atoms with van der Waals surface area (Å²) >= 11 is 0. The molecule has 0 aromatic heterocycles. The molecule has 2 aromatic carbocycles. The van der Waals surface area contributed by atoms with Crippen LogP contribution in [0.25, 0.3) is 0 Å². The molecule has 5 nitrogen and oxygen atoms in total. The minimum Gasteiger partial charge on any atom is -0.496 e. The van der Waals surface area contributed by atoms with E-state index in [1.54, 1.807) is 26.2 Å². The first-order chi connectivity index (χ1) is 13.6. The van der Waals surface area contributed by atoms with Crippen molar-refractivity contribution in [3.8, 4) is 11.5 Å². The van der Waals surface area contributed by atoms with Gasteiger partial charge in [0.25, 0.3) is 0 Å². The Hall–Kier alpha value is -2.05. The highest BCUT2D eigenvalue weighted by Crippen LogP contribution is 2.31. The highest BCUT2D eigenvalue weighted by molar-refractivity contribution is 7.89. The summed E-state index contributed by atoms with van der Waals surface area (Å²) in [5.41, 5.74) is 2.73. The highest BCUT2D eigenvalue weighted by Gasteiger charge is 2.20. The van der Waals surface area contributed by atoms with Crippen molar-refractivity contribution in [3.05, 3.63) is 53.1 Å². The topological polar surface area (TPSA) is 64.6 Å². The third-order valence-corrected chi connectivity index (χ3v) is 6.27. The molecule has 0 heterocycles. The van der Waals surface area contributed by atoms with Crippen molar-refractivity contribution in [2.75, 3.05) is 13.7 Å². The van der Waals surface area contributed by atoms with Crippen molar-refractivity contribution in [3.63, 3.8) is 0 Å². The maximum atomic E-state index is 12.8. The standard InChI is InChI=1S/C23H33NO4S/c1-16(2)21-15-23(18(5)14-22(21)27-6)29(25,26)24-13-7-8-19-9-11-20(12-10-19)28-17(3)4/h9-12,14-17,24H,7-8,13H2,1-6H3. The maximum absolute atomic E-state index is 12.8. The number of nitrogens with one attached hydrogen (secondary N) is 1. The van der Waals surface area contributed by atoms with Crippen molar-refractivity contribution in [1.29, 1.82) is 0 Å². The van der Waals surface area contributed by atoms with E-state index >= 15 is 0 Å². The average molecular weight is 420 g/mol. The molecule has 1 N–H and O–H groups in total. The van der Waals surface area contributed by atoms with Crippen molar-refractivity contribution in [2.45, 2.75) is 64.4 Å². The predicted octanol–water partition coefficient (Wildman–Crippen LogP) is 4.83. The lowest BCUT2D eigenvalue weighted by molar-refractivity contribution is 0.242. The van der Waals surface area contributed by atoms with Crippen molar-refractivity contribution < 1.29 is 17.9 Å². The molecular formula is C23H33NO4S. The molecular weight excluding hydrogens is 386 g/mol. The lowest BCUT2D eigenvalue weighted by atomic mass is 10.0. The zero-order valence-electron chi connectivity index (χ0n) is 18.3. The van der Waals surface area contributed by atoms with Gasteiger partial charge in [-0.1, -0.05) is 26.0 Å². The fourth-order valence-electron chi connectivity index (χ4n) is 3.18. The number of hydrogen-bond acceptors (Lipinski definition) is 4. The predicted molar refractivity (Wildman–Crippen MR) is 118 cm³/mol. The number of methoxy groups -OCH3 is 1. The Morgan fingerprint density at radius 2 is 1.69 bits per heavy atom. The Kier molecular flexibility index (Phi) is 8.11. The van der Waals surface area contributed by atoms with Crippen LogP contribution in [0.3, 0.4) is 0 Å². The number of rotatable bonds is 10. The molecule has 29 heavy (non-hydrogen) atoms. The first-order valence-corrected chi connectivity index (χ1v) is 11.6. The number of aryl methyl sites for hydroxylation is 2. The van der Waals surface area contributed by atoms with E-state index in [1.165, 1.54) is 0 Å². The normalized spacial score (nSPS) is 11.9. The third kappa shape index (κ3) is 6.47. The van der Waals surface area contributed by atoms with Crippen LogP contribution in [-0.4, -0.2) is 28.2 Å². The second kappa shape index (κ2) is 10.1. The number of hydrogen-bond donors (Lipinski definition) is 1. The zero-order chi connectivity index (χ0) is 21.6. The largest absolute Gasteiger partial charge is 0.496 e. The van der Waals surface area contributed by atoms with Crippen LogP contribution in [0.15, 0.2) is 41.3 Å². The first kappa shape index (κ1) is 23.2. The monoisotopic (exact) mass is 419 g/mol. The minimum atomic E-state index is -3.57. The quantitative estimate of drug-likeness (QED) is 0.561. The zero-order valence-corrected chi connectivity index (χ0v) is 19.1. The van der Waals surface area contributed by atoms with Gasteiger partial charge < -0.3 is 9.47 Å². The number of benzene rings is 2. The van der Waals surface area contributed by atoms with E-state index < -0.39 is 10.0 Å². The summed E-state index contributed by atoms with van der Waals surface area (Å²) in [7, 11) is -1.97. The summed E-state index contributed by atoms with van der Waals surface area (Å²) in [6.45, 7) is 10.2. The van der Waals surface area contributed by atoms with E-state index in [1.807, 2.05) is 52.0 Å². The summed E-state index contributed by atoms with van der Waals surface area (Å²) < 4.78 is 39.4. The van der Waals surface area contributed by atoms with E-state index in [0.717, 1.165) is 35.5 Å². The van der Waals surface area contributed by atoms with E-state index in [-0.39, 0.29) is 12.0 Å². The third-order valence-electron chi connectivity index (χ3n) is 4.67. The molecule has 0 aliphatic rings. The van der Waals surface area contributed by atoms with Crippen LogP contribution < -0.4 is 14.2 Å². The van der Waals surface area contributed by atoms with Gasteiger partial charge in [0.15, 0.2) is 0 Å². The van der Waals surface area contributed by atoms with Gasteiger partial charge in [-0.25, -0.2) is 13.1 Å². The Morgan fingerprint density at radius 1 is 1.03 bits per heavy atom. The second-order valence-electron chi connectivity index (χ2n) is 7.83. The van der Waals surface area contributed by atoms with Gasteiger partial charge in [0.1, 0.15) is 11.5 Å². The first-order valence-electron chi connectivity index (χ1n) is 10.1. The second-order valence-corrected chi connectivity index (χ2v) is 9.56. The van der Waals surface area contributed by atoms with Gasteiger partial charge in [-0.15, -0.1) is 0 Å². The van der Waals surface area contributed by atoms with Crippen LogP contribution in [0.2, 0.25) is 0 Å². The molecule has 160 valence electrons. The summed E-state index contributed by atoms with van der Waals surface area (Å²) in [6.07, 6.45) is 1.66. The van der Waals surface area contributed by atoms with Crippen LogP contribution in [0.4, 0.5) is 0 Å². The van der Waals surface area contributed by atoms with Gasteiger partial charge >= 0.3 is 0 Å². The lowest BCUT2D eigenvalue weighted by Crippen LogP contribution is -2.26. The molecule has 6 heteroatoms. The van der Waals surface area contributed by atoms with Crippen LogP contribution in [-0.2, 0) is 16.4 Å². The molecule has 2 rings (SSSR count). The summed E-state index contributed by atoms with van der Waals surface area (Å²) in [4.78, 5) is 0.317. The average Bonchev–Trinajstić information content (AvgIpc) is 2.65. The molecule has 0 amide bonds. The molecule has 0 aliphatic heterocycles.